The van der Waals surface area contributed by atoms with E-state index in [9.17, 15) is 9.59 Å². The number of carbonyl (C=O) groups excluding carboxylic acids is 2. The minimum Gasteiger partial charge on any atom is -0.289 e. The standard InChI is InChI=1S/C34H22O2/c35-33(29-13-5-11-27-25-9-3-1-7-23(25)19-31(27)29)21-15-17-22(18-16-21)34(36)30-14-6-12-28-26-10-4-2-8-24(26)20-32(28)30/h1-18H,19-20H2. The van der Waals surface area contributed by atoms with E-state index in [0.717, 1.165) is 46.2 Å². The van der Waals surface area contributed by atoms with Crippen molar-refractivity contribution in [2.24, 2.45) is 0 Å². The van der Waals surface area contributed by atoms with E-state index in [1.54, 1.807) is 24.3 Å². The second-order valence-corrected chi connectivity index (χ2v) is 9.57. The molecule has 0 spiro atoms. The molecule has 5 aromatic rings. The summed E-state index contributed by atoms with van der Waals surface area (Å²) in [5.41, 5.74) is 12.1. The van der Waals surface area contributed by atoms with Crippen LogP contribution in [-0.4, -0.2) is 11.6 Å². The van der Waals surface area contributed by atoms with Gasteiger partial charge in [-0.15, -0.1) is 0 Å². The molecule has 2 aliphatic carbocycles. The van der Waals surface area contributed by atoms with Gasteiger partial charge >= 0.3 is 0 Å². The van der Waals surface area contributed by atoms with E-state index in [4.69, 9.17) is 0 Å². The molecule has 7 rings (SSSR count). The maximum absolute atomic E-state index is 13.5. The van der Waals surface area contributed by atoms with E-state index >= 15 is 0 Å². The number of rotatable bonds is 4. The zero-order valence-corrected chi connectivity index (χ0v) is 19.6. The fourth-order valence-electron chi connectivity index (χ4n) is 5.82. The molecule has 2 aliphatic rings. The fourth-order valence-corrected chi connectivity index (χ4v) is 5.82. The lowest BCUT2D eigenvalue weighted by molar-refractivity contribution is 0.102. The summed E-state index contributed by atoms with van der Waals surface area (Å²) in [6, 6.07) is 35.7. The topological polar surface area (TPSA) is 34.1 Å². The van der Waals surface area contributed by atoms with Gasteiger partial charge in [0.1, 0.15) is 0 Å². The Hall–Kier alpha value is -4.56. The number of hydrogen-bond donors (Lipinski definition) is 0. The third kappa shape index (κ3) is 3.11. The van der Waals surface area contributed by atoms with Crippen molar-refractivity contribution in [2.45, 2.75) is 12.8 Å². The first-order chi connectivity index (χ1) is 17.7. The summed E-state index contributed by atoms with van der Waals surface area (Å²) < 4.78 is 0. The van der Waals surface area contributed by atoms with Gasteiger partial charge < -0.3 is 0 Å². The van der Waals surface area contributed by atoms with Crippen molar-refractivity contribution in [3.63, 3.8) is 0 Å². The zero-order valence-electron chi connectivity index (χ0n) is 19.6. The normalized spacial score (nSPS) is 12.4. The highest BCUT2D eigenvalue weighted by Crippen LogP contribution is 2.40. The summed E-state index contributed by atoms with van der Waals surface area (Å²) in [4.78, 5) is 27.0. The van der Waals surface area contributed by atoms with E-state index in [1.165, 1.54) is 22.3 Å². The molecule has 36 heavy (non-hydrogen) atoms. The molecule has 170 valence electrons. The van der Waals surface area contributed by atoms with Gasteiger partial charge in [-0.2, -0.15) is 0 Å². The lowest BCUT2D eigenvalue weighted by Crippen LogP contribution is -2.08. The Morgan fingerprint density at radius 2 is 0.806 bits per heavy atom. The molecule has 5 aromatic carbocycles. The monoisotopic (exact) mass is 462 g/mol. The first kappa shape index (κ1) is 20.8. The van der Waals surface area contributed by atoms with Crippen LogP contribution in [0.2, 0.25) is 0 Å². The van der Waals surface area contributed by atoms with E-state index in [-0.39, 0.29) is 11.6 Å². The van der Waals surface area contributed by atoms with Crippen molar-refractivity contribution in [1.82, 2.24) is 0 Å². The SMILES string of the molecule is O=C(c1ccc(C(=O)c2cccc3c2Cc2ccccc2-3)cc1)c1cccc2c1Cc1ccccc1-2. The molecule has 0 N–H and O–H groups in total. The summed E-state index contributed by atoms with van der Waals surface area (Å²) in [5.74, 6) is -0.00980. The highest BCUT2D eigenvalue weighted by Gasteiger charge is 2.26. The largest absolute Gasteiger partial charge is 0.289 e. The third-order valence-corrected chi connectivity index (χ3v) is 7.60. The van der Waals surface area contributed by atoms with Gasteiger partial charge in [0, 0.05) is 22.3 Å². The minimum absolute atomic E-state index is 0.00490. The summed E-state index contributed by atoms with van der Waals surface area (Å²) in [7, 11) is 0. The van der Waals surface area contributed by atoms with Crippen LogP contribution in [0.15, 0.2) is 109 Å². The van der Waals surface area contributed by atoms with Crippen molar-refractivity contribution < 1.29 is 9.59 Å². The zero-order chi connectivity index (χ0) is 24.2. The first-order valence-electron chi connectivity index (χ1n) is 12.3. The van der Waals surface area contributed by atoms with E-state index in [1.807, 2.05) is 48.5 Å². The second kappa shape index (κ2) is 8.00. The molecular formula is C34H22O2. The van der Waals surface area contributed by atoms with Crippen LogP contribution in [0.4, 0.5) is 0 Å². The number of benzene rings is 5. The van der Waals surface area contributed by atoms with Gasteiger partial charge in [0.05, 0.1) is 0 Å². The molecule has 0 heterocycles. The van der Waals surface area contributed by atoms with Crippen LogP contribution < -0.4 is 0 Å². The number of fused-ring (bicyclic) bond motifs is 6. The lowest BCUT2D eigenvalue weighted by atomic mass is 9.92. The maximum atomic E-state index is 13.5. The molecule has 0 atom stereocenters. The fraction of sp³-hybridized carbons (Fsp3) is 0.0588. The van der Waals surface area contributed by atoms with Crippen LogP contribution in [-0.2, 0) is 12.8 Å². The summed E-state index contributed by atoms with van der Waals surface area (Å²) in [6.07, 6.45) is 1.54. The summed E-state index contributed by atoms with van der Waals surface area (Å²) in [6.45, 7) is 0. The summed E-state index contributed by atoms with van der Waals surface area (Å²) in [5, 5.41) is 0. The molecular weight excluding hydrogens is 440 g/mol. The molecule has 0 bridgehead atoms. The van der Waals surface area contributed by atoms with E-state index < -0.39 is 0 Å². The predicted molar refractivity (Wildman–Crippen MR) is 143 cm³/mol. The van der Waals surface area contributed by atoms with Crippen LogP contribution in [0, 0.1) is 0 Å². The molecule has 0 saturated carbocycles. The van der Waals surface area contributed by atoms with Gasteiger partial charge in [0.15, 0.2) is 11.6 Å². The van der Waals surface area contributed by atoms with Crippen molar-refractivity contribution in [1.29, 1.82) is 0 Å². The Labute approximate surface area is 209 Å². The average Bonchev–Trinajstić information content (AvgIpc) is 3.51. The van der Waals surface area contributed by atoms with Gasteiger partial charge in [0.25, 0.3) is 0 Å². The highest BCUT2D eigenvalue weighted by molar-refractivity contribution is 6.14. The van der Waals surface area contributed by atoms with Crippen LogP contribution in [0.25, 0.3) is 22.3 Å². The highest BCUT2D eigenvalue weighted by atomic mass is 16.1. The smallest absolute Gasteiger partial charge is 0.193 e. The molecule has 0 aliphatic heterocycles. The Morgan fingerprint density at radius 3 is 1.25 bits per heavy atom. The molecule has 0 aromatic heterocycles. The average molecular weight is 463 g/mol. The van der Waals surface area contributed by atoms with Gasteiger partial charge in [0.2, 0.25) is 0 Å². The van der Waals surface area contributed by atoms with E-state index in [2.05, 4.69) is 36.4 Å². The van der Waals surface area contributed by atoms with Gasteiger partial charge in [-0.1, -0.05) is 109 Å². The van der Waals surface area contributed by atoms with Crippen LogP contribution in [0.5, 0.6) is 0 Å². The van der Waals surface area contributed by atoms with Crippen LogP contribution in [0.3, 0.4) is 0 Å². The lowest BCUT2D eigenvalue weighted by Gasteiger charge is -2.10. The van der Waals surface area contributed by atoms with Crippen molar-refractivity contribution in [3.05, 3.63) is 154 Å². The predicted octanol–water partition coefficient (Wildman–Crippen LogP) is 7.29. The number of ketones is 2. The summed E-state index contributed by atoms with van der Waals surface area (Å²) >= 11 is 0. The minimum atomic E-state index is -0.00490. The van der Waals surface area contributed by atoms with Gasteiger partial charge in [-0.05, 0) is 57.3 Å². The Morgan fingerprint density at radius 1 is 0.417 bits per heavy atom. The number of carbonyl (C=O) groups is 2. The molecule has 0 radical (unpaired) electrons. The van der Waals surface area contributed by atoms with Crippen LogP contribution >= 0.6 is 0 Å². The first-order valence-corrected chi connectivity index (χ1v) is 12.3. The Kier molecular flexibility index (Phi) is 4.62. The Bertz CT molecular complexity index is 1580. The quantitative estimate of drug-likeness (QED) is 0.257. The van der Waals surface area contributed by atoms with E-state index in [0.29, 0.717) is 11.1 Å². The van der Waals surface area contributed by atoms with Crippen molar-refractivity contribution >= 4 is 11.6 Å². The van der Waals surface area contributed by atoms with Crippen LogP contribution in [0.1, 0.15) is 54.1 Å². The molecule has 0 saturated heterocycles. The Balaban J connectivity index is 1.19. The molecule has 0 unspecified atom stereocenters. The molecule has 0 amide bonds. The third-order valence-electron chi connectivity index (χ3n) is 7.60. The molecule has 2 nitrogen and oxygen atoms in total. The second-order valence-electron chi connectivity index (χ2n) is 9.57. The van der Waals surface area contributed by atoms with Gasteiger partial charge in [-0.25, -0.2) is 0 Å². The number of hydrogen-bond acceptors (Lipinski definition) is 2. The van der Waals surface area contributed by atoms with Crippen molar-refractivity contribution in [3.8, 4) is 22.3 Å². The van der Waals surface area contributed by atoms with Crippen molar-refractivity contribution in [2.75, 3.05) is 0 Å². The maximum Gasteiger partial charge on any atom is 0.193 e. The molecule has 2 heteroatoms. The van der Waals surface area contributed by atoms with Gasteiger partial charge in [-0.3, -0.25) is 9.59 Å². The molecule has 0 fully saturated rings.